The Hall–Kier alpha value is -1.01. The van der Waals surface area contributed by atoms with E-state index in [-0.39, 0.29) is 0 Å². The fraction of sp³-hybridized carbons (Fsp3) is 0.615. The van der Waals surface area contributed by atoms with E-state index in [1.54, 1.807) is 12.4 Å². The molecule has 1 aliphatic rings. The Labute approximate surface area is 120 Å². The second kappa shape index (κ2) is 6.43. The van der Waals surface area contributed by atoms with Gasteiger partial charge in [-0.15, -0.1) is 0 Å². The Morgan fingerprint density at radius 3 is 2.63 bits per heavy atom. The Balaban J connectivity index is 1.90. The number of halogens is 1. The molecule has 0 amide bonds. The lowest BCUT2D eigenvalue weighted by Gasteiger charge is -2.34. The summed E-state index contributed by atoms with van der Waals surface area (Å²) in [5.41, 5.74) is -0.914. The van der Waals surface area contributed by atoms with Crippen LogP contribution < -0.4 is 0 Å². The molecule has 6 heteroatoms. The highest BCUT2D eigenvalue weighted by atomic mass is 79.9. The van der Waals surface area contributed by atoms with Gasteiger partial charge in [0.2, 0.25) is 0 Å². The molecular formula is C13H17BrN2O3. The van der Waals surface area contributed by atoms with Crippen molar-refractivity contribution in [2.45, 2.75) is 37.7 Å². The maximum Gasteiger partial charge on any atom is 0.293 e. The van der Waals surface area contributed by atoms with Gasteiger partial charge in [0, 0.05) is 12.4 Å². The molecule has 1 aromatic heterocycles. The van der Waals surface area contributed by atoms with E-state index in [1.165, 1.54) is 0 Å². The van der Waals surface area contributed by atoms with Gasteiger partial charge in [0.1, 0.15) is 5.60 Å². The lowest BCUT2D eigenvalue weighted by atomic mass is 9.77. The van der Waals surface area contributed by atoms with Gasteiger partial charge in [-0.05, 0) is 54.0 Å². The molecule has 0 unspecified atom stereocenters. The number of aromatic nitrogens is 2. The first-order chi connectivity index (χ1) is 9.14. The van der Waals surface area contributed by atoms with E-state index in [0.717, 1.165) is 23.7 Å². The van der Waals surface area contributed by atoms with Gasteiger partial charge in [-0.1, -0.05) is 0 Å². The molecular weight excluding hydrogens is 312 g/mol. The smallest absolute Gasteiger partial charge is 0.293 e. The predicted octanol–water partition coefficient (Wildman–Crippen LogP) is 2.18. The fourth-order valence-corrected chi connectivity index (χ4v) is 2.71. The zero-order valence-electron chi connectivity index (χ0n) is 10.6. The van der Waals surface area contributed by atoms with E-state index in [2.05, 4.69) is 25.9 Å². The number of rotatable bonds is 5. The maximum absolute atomic E-state index is 10.6. The number of hydrogen-bond acceptors (Lipinski definition) is 5. The Kier molecular flexibility index (Phi) is 4.87. The van der Waals surface area contributed by atoms with E-state index in [0.29, 0.717) is 37.7 Å². The minimum atomic E-state index is -0.914. The minimum Gasteiger partial charge on any atom is -0.468 e. The highest BCUT2D eigenvalue weighted by Gasteiger charge is 2.37. The van der Waals surface area contributed by atoms with Crippen molar-refractivity contribution >= 4 is 22.4 Å². The maximum atomic E-state index is 10.6. The van der Waals surface area contributed by atoms with Crippen molar-refractivity contribution < 1.29 is 14.6 Å². The Morgan fingerprint density at radius 2 is 2.05 bits per heavy atom. The van der Waals surface area contributed by atoms with Crippen LogP contribution in [0.4, 0.5) is 0 Å². The Morgan fingerprint density at radius 1 is 1.42 bits per heavy atom. The summed E-state index contributed by atoms with van der Waals surface area (Å²) >= 11 is 3.28. The number of carbonyl (C=O) groups excluding carboxylic acids is 1. The summed E-state index contributed by atoms with van der Waals surface area (Å²) in [5.74, 6) is 0.994. The van der Waals surface area contributed by atoms with Gasteiger partial charge in [0.05, 0.1) is 11.1 Å². The van der Waals surface area contributed by atoms with Gasteiger partial charge in [-0.25, -0.2) is 9.97 Å². The van der Waals surface area contributed by atoms with E-state index >= 15 is 0 Å². The summed E-state index contributed by atoms with van der Waals surface area (Å²) in [6, 6.07) is 0. The predicted molar refractivity (Wildman–Crippen MR) is 72.2 cm³/mol. The minimum absolute atomic E-state index is 0.460. The number of aliphatic hydroxyl groups is 1. The van der Waals surface area contributed by atoms with Crippen LogP contribution in [0.1, 0.15) is 37.9 Å². The van der Waals surface area contributed by atoms with Crippen LogP contribution in [0.3, 0.4) is 0 Å². The summed E-state index contributed by atoms with van der Waals surface area (Å²) in [5, 5.41) is 10.6. The van der Waals surface area contributed by atoms with Gasteiger partial charge in [0.15, 0.2) is 5.82 Å². The van der Waals surface area contributed by atoms with Crippen molar-refractivity contribution in [2.24, 2.45) is 5.92 Å². The summed E-state index contributed by atoms with van der Waals surface area (Å²) in [7, 11) is 0. The van der Waals surface area contributed by atoms with Crippen LogP contribution in [0, 0.1) is 5.92 Å². The van der Waals surface area contributed by atoms with E-state index < -0.39 is 5.60 Å². The molecule has 0 saturated heterocycles. The van der Waals surface area contributed by atoms with Crippen LogP contribution in [-0.4, -0.2) is 28.2 Å². The molecule has 0 bridgehead atoms. The zero-order valence-corrected chi connectivity index (χ0v) is 12.2. The molecule has 19 heavy (non-hydrogen) atoms. The number of nitrogens with zero attached hydrogens (tertiary/aromatic N) is 2. The third-order valence-electron chi connectivity index (χ3n) is 3.68. The molecule has 1 heterocycles. The standard InChI is InChI=1S/C13H17BrN2O3/c14-11-7-15-12(16-8-11)13(18)4-1-10(2-5-13)3-6-19-9-17/h7-10,18H,1-6H2. The third-order valence-corrected chi connectivity index (χ3v) is 4.09. The van der Waals surface area contributed by atoms with E-state index in [9.17, 15) is 9.90 Å². The fourth-order valence-electron chi connectivity index (χ4n) is 2.50. The highest BCUT2D eigenvalue weighted by Crippen LogP contribution is 2.39. The van der Waals surface area contributed by atoms with Crippen LogP contribution in [0.15, 0.2) is 16.9 Å². The molecule has 0 aliphatic heterocycles. The van der Waals surface area contributed by atoms with Gasteiger partial charge < -0.3 is 9.84 Å². The molecule has 2 rings (SSSR count). The summed E-state index contributed by atoms with van der Waals surface area (Å²) in [4.78, 5) is 18.5. The molecule has 0 radical (unpaired) electrons. The first-order valence-corrected chi connectivity index (χ1v) is 7.19. The molecule has 1 aromatic rings. The lowest BCUT2D eigenvalue weighted by molar-refractivity contribution is -0.129. The molecule has 0 atom stereocenters. The third kappa shape index (κ3) is 3.73. The monoisotopic (exact) mass is 328 g/mol. The van der Waals surface area contributed by atoms with Gasteiger partial charge in [-0.3, -0.25) is 4.79 Å². The summed E-state index contributed by atoms with van der Waals surface area (Å²) < 4.78 is 5.52. The summed E-state index contributed by atoms with van der Waals surface area (Å²) in [6.07, 6.45) is 7.28. The van der Waals surface area contributed by atoms with E-state index in [4.69, 9.17) is 4.74 Å². The zero-order chi connectivity index (χ0) is 13.7. The average molecular weight is 329 g/mol. The van der Waals surface area contributed by atoms with Crippen molar-refractivity contribution in [3.63, 3.8) is 0 Å². The van der Waals surface area contributed by atoms with Crippen molar-refractivity contribution in [2.75, 3.05) is 6.61 Å². The SMILES string of the molecule is O=COCCC1CCC(O)(c2ncc(Br)cn2)CC1. The number of carbonyl (C=O) groups is 1. The Bertz CT molecular complexity index is 416. The van der Waals surface area contributed by atoms with E-state index in [1.807, 2.05) is 0 Å². The molecule has 5 nitrogen and oxygen atoms in total. The largest absolute Gasteiger partial charge is 0.468 e. The van der Waals surface area contributed by atoms with Crippen LogP contribution in [0.25, 0.3) is 0 Å². The van der Waals surface area contributed by atoms with Crippen LogP contribution in [0.2, 0.25) is 0 Å². The van der Waals surface area contributed by atoms with Crippen molar-refractivity contribution in [1.82, 2.24) is 9.97 Å². The van der Waals surface area contributed by atoms with Crippen molar-refractivity contribution in [1.29, 1.82) is 0 Å². The van der Waals surface area contributed by atoms with Crippen LogP contribution in [0.5, 0.6) is 0 Å². The summed E-state index contributed by atoms with van der Waals surface area (Å²) in [6.45, 7) is 0.941. The van der Waals surface area contributed by atoms with Gasteiger partial charge >= 0.3 is 0 Å². The molecule has 0 spiro atoms. The van der Waals surface area contributed by atoms with Crippen molar-refractivity contribution in [3.05, 3.63) is 22.7 Å². The molecule has 1 N–H and O–H groups in total. The first kappa shape index (κ1) is 14.4. The molecule has 1 saturated carbocycles. The molecule has 1 fully saturated rings. The second-order valence-electron chi connectivity index (χ2n) is 4.96. The van der Waals surface area contributed by atoms with Gasteiger partial charge in [0.25, 0.3) is 6.47 Å². The topological polar surface area (TPSA) is 72.3 Å². The van der Waals surface area contributed by atoms with Gasteiger partial charge in [-0.2, -0.15) is 0 Å². The number of ether oxygens (including phenoxy) is 1. The van der Waals surface area contributed by atoms with Crippen molar-refractivity contribution in [3.8, 4) is 0 Å². The quantitative estimate of drug-likeness (QED) is 0.662. The average Bonchev–Trinajstić information content (AvgIpc) is 2.42. The molecule has 1 aliphatic carbocycles. The molecule has 104 valence electrons. The first-order valence-electron chi connectivity index (χ1n) is 6.40. The lowest BCUT2D eigenvalue weighted by Crippen LogP contribution is -2.33. The van der Waals surface area contributed by atoms with Crippen LogP contribution in [-0.2, 0) is 15.1 Å². The normalized spacial score (nSPS) is 26.9. The number of hydrogen-bond donors (Lipinski definition) is 1. The highest BCUT2D eigenvalue weighted by molar-refractivity contribution is 9.10. The van der Waals surface area contributed by atoms with Crippen LogP contribution >= 0.6 is 15.9 Å². The second-order valence-corrected chi connectivity index (χ2v) is 5.87. The molecule has 0 aromatic carbocycles.